The van der Waals surface area contributed by atoms with Gasteiger partial charge < -0.3 is 25.4 Å². The molecule has 5 N–H and O–H groups in total. The standard InChI is InChI=1S/C21H25BrN6O4S/c1-28(2)12-16(29)13-32-17-7-3-15(4-8-17)26-21-24-11-19(22)20(27-21)25-14-5-9-18(10-6-14)33(23,30)31/h3-11,16,29H,12-13H2,1-2H3,(H2,23,30,31)(H2,24,25,26,27). The normalized spacial score (nSPS) is 12.4. The lowest BCUT2D eigenvalue weighted by atomic mass is 10.3. The maximum absolute atomic E-state index is 11.4. The highest BCUT2D eigenvalue weighted by Crippen LogP contribution is 2.26. The molecule has 0 spiro atoms. The third kappa shape index (κ3) is 7.65. The van der Waals surface area contributed by atoms with Crippen LogP contribution in [0, 0.1) is 0 Å². The summed E-state index contributed by atoms with van der Waals surface area (Å²) in [5.41, 5.74) is 1.38. The van der Waals surface area contributed by atoms with Crippen LogP contribution in [-0.4, -0.2) is 61.7 Å². The van der Waals surface area contributed by atoms with Crippen molar-refractivity contribution in [3.8, 4) is 5.75 Å². The highest BCUT2D eigenvalue weighted by Gasteiger charge is 2.10. The number of hydrogen-bond acceptors (Lipinski definition) is 9. The number of aliphatic hydroxyl groups excluding tert-OH is 1. The van der Waals surface area contributed by atoms with E-state index in [4.69, 9.17) is 9.88 Å². The lowest BCUT2D eigenvalue weighted by molar-refractivity contribution is 0.0831. The van der Waals surface area contributed by atoms with E-state index in [9.17, 15) is 13.5 Å². The molecule has 0 amide bonds. The Morgan fingerprint density at radius 1 is 1.09 bits per heavy atom. The number of aliphatic hydroxyl groups is 1. The molecule has 2 aromatic carbocycles. The monoisotopic (exact) mass is 536 g/mol. The number of halogens is 1. The molecular weight excluding hydrogens is 512 g/mol. The van der Waals surface area contributed by atoms with E-state index in [2.05, 4.69) is 36.5 Å². The van der Waals surface area contributed by atoms with Gasteiger partial charge in [-0.1, -0.05) is 0 Å². The van der Waals surface area contributed by atoms with E-state index in [1.54, 1.807) is 30.5 Å². The predicted octanol–water partition coefficient (Wildman–Crippen LogP) is 2.68. The number of nitrogens with one attached hydrogen (secondary N) is 2. The molecule has 1 aromatic heterocycles. The Balaban J connectivity index is 1.63. The Hall–Kier alpha value is -2.77. The molecule has 0 radical (unpaired) electrons. The summed E-state index contributed by atoms with van der Waals surface area (Å²) < 4.78 is 29.0. The second-order valence-corrected chi connectivity index (χ2v) is 9.88. The van der Waals surface area contributed by atoms with Crippen LogP contribution in [-0.2, 0) is 10.0 Å². The van der Waals surface area contributed by atoms with E-state index in [0.717, 1.165) is 5.69 Å². The minimum atomic E-state index is -3.75. The molecule has 10 nitrogen and oxygen atoms in total. The van der Waals surface area contributed by atoms with Crippen LogP contribution < -0.4 is 20.5 Å². The maximum atomic E-state index is 11.4. The summed E-state index contributed by atoms with van der Waals surface area (Å²) in [6.07, 6.45) is 1.02. The van der Waals surface area contributed by atoms with Crippen molar-refractivity contribution in [1.82, 2.24) is 14.9 Å². The van der Waals surface area contributed by atoms with Crippen LogP contribution in [0.3, 0.4) is 0 Å². The summed E-state index contributed by atoms with van der Waals surface area (Å²) >= 11 is 3.40. The Bertz CT molecular complexity index is 1170. The van der Waals surface area contributed by atoms with Crippen molar-refractivity contribution in [2.75, 3.05) is 37.9 Å². The van der Waals surface area contributed by atoms with Crippen molar-refractivity contribution in [2.24, 2.45) is 5.14 Å². The number of ether oxygens (including phenoxy) is 1. The molecule has 1 atom stereocenters. The van der Waals surface area contributed by atoms with Crippen LogP contribution >= 0.6 is 15.9 Å². The Kier molecular flexibility index (Phi) is 8.21. The van der Waals surface area contributed by atoms with E-state index in [0.29, 0.717) is 34.2 Å². The van der Waals surface area contributed by atoms with Gasteiger partial charge in [0, 0.05) is 24.1 Å². The van der Waals surface area contributed by atoms with Crippen molar-refractivity contribution in [2.45, 2.75) is 11.0 Å². The lowest BCUT2D eigenvalue weighted by Gasteiger charge is -2.16. The third-order valence-corrected chi connectivity index (χ3v) is 5.83. The first-order valence-electron chi connectivity index (χ1n) is 9.85. The fraction of sp³-hybridized carbons (Fsp3) is 0.238. The van der Waals surface area contributed by atoms with E-state index in [-0.39, 0.29) is 11.5 Å². The summed E-state index contributed by atoms with van der Waals surface area (Å²) in [6, 6.07) is 13.2. The molecule has 3 aromatic rings. The number of likely N-dealkylation sites (N-methyl/N-ethyl adjacent to an activating group) is 1. The van der Waals surface area contributed by atoms with Crippen molar-refractivity contribution >= 4 is 49.1 Å². The average Bonchev–Trinajstić information content (AvgIpc) is 2.75. The van der Waals surface area contributed by atoms with Crippen molar-refractivity contribution < 1.29 is 18.3 Å². The minimum absolute atomic E-state index is 0.0248. The highest BCUT2D eigenvalue weighted by atomic mass is 79.9. The van der Waals surface area contributed by atoms with E-state index in [1.807, 2.05) is 31.1 Å². The number of benzene rings is 2. The molecule has 0 saturated carbocycles. The third-order valence-electron chi connectivity index (χ3n) is 4.32. The fourth-order valence-electron chi connectivity index (χ4n) is 2.81. The molecule has 0 aliphatic rings. The van der Waals surface area contributed by atoms with Gasteiger partial charge in [0.1, 0.15) is 24.3 Å². The van der Waals surface area contributed by atoms with E-state index < -0.39 is 16.1 Å². The number of sulfonamides is 1. The lowest BCUT2D eigenvalue weighted by Crippen LogP contribution is -2.30. The zero-order valence-corrected chi connectivity index (χ0v) is 20.5. The van der Waals surface area contributed by atoms with Crippen molar-refractivity contribution in [1.29, 1.82) is 0 Å². The molecule has 0 bridgehead atoms. The molecule has 1 heterocycles. The van der Waals surface area contributed by atoms with Crippen LogP contribution in [0.25, 0.3) is 0 Å². The van der Waals surface area contributed by atoms with Crippen molar-refractivity contribution in [3.63, 3.8) is 0 Å². The average molecular weight is 537 g/mol. The molecule has 0 fully saturated rings. The number of nitrogens with zero attached hydrogens (tertiary/aromatic N) is 3. The van der Waals surface area contributed by atoms with Crippen LogP contribution in [0.1, 0.15) is 0 Å². The number of nitrogens with two attached hydrogens (primary N) is 1. The molecule has 3 rings (SSSR count). The summed E-state index contributed by atoms with van der Waals surface area (Å²) in [6.45, 7) is 0.723. The molecule has 0 saturated heterocycles. The second-order valence-electron chi connectivity index (χ2n) is 7.46. The van der Waals surface area contributed by atoms with Crippen LogP contribution in [0.4, 0.5) is 23.1 Å². The topological polar surface area (TPSA) is 143 Å². The fourth-order valence-corrected chi connectivity index (χ4v) is 3.62. The number of rotatable bonds is 10. The van der Waals surface area contributed by atoms with Crippen LogP contribution in [0.15, 0.2) is 64.1 Å². The minimum Gasteiger partial charge on any atom is -0.491 e. The Labute approximate surface area is 201 Å². The number of hydrogen-bond donors (Lipinski definition) is 4. The molecule has 0 aliphatic carbocycles. The number of anilines is 4. The van der Waals surface area contributed by atoms with Gasteiger partial charge in [0.15, 0.2) is 0 Å². The molecule has 176 valence electrons. The van der Waals surface area contributed by atoms with Gasteiger partial charge in [0.25, 0.3) is 0 Å². The van der Waals surface area contributed by atoms with Gasteiger partial charge in [-0.2, -0.15) is 4.98 Å². The Morgan fingerprint density at radius 3 is 2.30 bits per heavy atom. The SMILES string of the molecule is CN(C)CC(O)COc1ccc(Nc2ncc(Br)c(Nc3ccc(S(N)(=O)=O)cc3)n2)cc1. The molecule has 0 aliphatic heterocycles. The number of aromatic nitrogens is 2. The van der Waals surface area contributed by atoms with E-state index >= 15 is 0 Å². The number of primary sulfonamides is 1. The highest BCUT2D eigenvalue weighted by molar-refractivity contribution is 9.10. The molecule has 1 unspecified atom stereocenters. The van der Waals surface area contributed by atoms with Crippen LogP contribution in [0.5, 0.6) is 5.75 Å². The summed E-state index contributed by atoms with van der Waals surface area (Å²) in [5.74, 6) is 1.49. The van der Waals surface area contributed by atoms with Gasteiger partial charge in [-0.05, 0) is 78.6 Å². The first kappa shape index (κ1) is 24.9. The molecule has 12 heteroatoms. The van der Waals surface area contributed by atoms with Crippen molar-refractivity contribution in [3.05, 3.63) is 59.2 Å². The van der Waals surface area contributed by atoms with Crippen LogP contribution in [0.2, 0.25) is 0 Å². The zero-order valence-electron chi connectivity index (χ0n) is 18.1. The van der Waals surface area contributed by atoms with Gasteiger partial charge >= 0.3 is 0 Å². The van der Waals surface area contributed by atoms with Gasteiger partial charge in [-0.3, -0.25) is 0 Å². The predicted molar refractivity (Wildman–Crippen MR) is 131 cm³/mol. The summed E-state index contributed by atoms with van der Waals surface area (Å²) in [7, 11) is 0.0216. The first-order chi connectivity index (χ1) is 15.6. The molecular formula is C21H25BrN6O4S. The van der Waals surface area contributed by atoms with Gasteiger partial charge in [0.2, 0.25) is 16.0 Å². The first-order valence-corrected chi connectivity index (χ1v) is 12.2. The van der Waals surface area contributed by atoms with E-state index in [1.165, 1.54) is 12.1 Å². The second kappa shape index (κ2) is 10.9. The zero-order chi connectivity index (χ0) is 24.0. The summed E-state index contributed by atoms with van der Waals surface area (Å²) in [5, 5.41) is 21.2. The maximum Gasteiger partial charge on any atom is 0.238 e. The van der Waals surface area contributed by atoms with Gasteiger partial charge in [-0.25, -0.2) is 18.5 Å². The van der Waals surface area contributed by atoms with Gasteiger partial charge in [-0.15, -0.1) is 0 Å². The Morgan fingerprint density at radius 2 is 1.70 bits per heavy atom. The molecule has 33 heavy (non-hydrogen) atoms. The summed E-state index contributed by atoms with van der Waals surface area (Å²) in [4.78, 5) is 10.6. The van der Waals surface area contributed by atoms with Gasteiger partial charge in [0.05, 0.1) is 9.37 Å². The largest absolute Gasteiger partial charge is 0.491 e. The smallest absolute Gasteiger partial charge is 0.238 e. The quantitative estimate of drug-likeness (QED) is 0.307.